The summed E-state index contributed by atoms with van der Waals surface area (Å²) in [6.45, 7) is 6.73. The minimum absolute atomic E-state index is 0. The average Bonchev–Trinajstić information content (AvgIpc) is 3.38. The number of carbonyl (C=O) groups excluding carboxylic acids is 2. The summed E-state index contributed by atoms with van der Waals surface area (Å²) in [5.41, 5.74) is 5.43. The van der Waals surface area contributed by atoms with Crippen LogP contribution in [0.2, 0.25) is 0 Å². The number of fused-ring (bicyclic) bond motifs is 1. The first-order valence-corrected chi connectivity index (χ1v) is 16.6. The Balaban J connectivity index is 0.00000433. The van der Waals surface area contributed by atoms with E-state index in [1.165, 1.54) is 58.2 Å². The van der Waals surface area contributed by atoms with Crippen molar-refractivity contribution in [1.29, 1.82) is 0 Å². The Hall–Kier alpha value is -4.39. The van der Waals surface area contributed by atoms with Gasteiger partial charge in [0.1, 0.15) is 11.5 Å². The van der Waals surface area contributed by atoms with Gasteiger partial charge in [-0.3, -0.25) is 0 Å². The monoisotopic (exact) mass is 650 g/mol. The number of rotatable bonds is 12. The van der Waals surface area contributed by atoms with Crippen molar-refractivity contribution >= 4 is 35.2 Å². The Morgan fingerprint density at radius 1 is 0.638 bits per heavy atom. The molecule has 47 heavy (non-hydrogen) atoms. The predicted octanol–water partition coefficient (Wildman–Crippen LogP) is 9.52. The fourth-order valence-electron chi connectivity index (χ4n) is 6.47. The largest absolute Gasteiger partial charge is 0.423 e. The first kappa shape index (κ1) is 34.0. The molecule has 0 N–H and O–H groups in total. The van der Waals surface area contributed by atoms with Crippen LogP contribution in [-0.4, -0.2) is 41.0 Å². The summed E-state index contributed by atoms with van der Waals surface area (Å²) in [5, 5.41) is 1.05. The number of unbranched alkanes of at least 4 members (excludes halogenated alkanes) is 3. The molecule has 0 bridgehead atoms. The molecule has 0 spiro atoms. The van der Waals surface area contributed by atoms with Crippen LogP contribution in [0.3, 0.4) is 0 Å². The summed E-state index contributed by atoms with van der Waals surface area (Å²) in [5.74, 6) is 0.273. The average molecular weight is 651 g/mol. The third-order valence-corrected chi connectivity index (χ3v) is 8.91. The van der Waals surface area contributed by atoms with Crippen LogP contribution < -0.4 is 9.47 Å². The first-order valence-electron chi connectivity index (χ1n) is 16.6. The number of hydrogen-bond acceptors (Lipinski definition) is 5. The third kappa shape index (κ3) is 8.51. The number of likely N-dealkylation sites (tertiary alicyclic amines) is 1. The highest BCUT2D eigenvalue weighted by Gasteiger charge is 2.18. The molecule has 7 heteroatoms. The van der Waals surface area contributed by atoms with Crippen molar-refractivity contribution in [2.45, 2.75) is 58.4 Å². The van der Waals surface area contributed by atoms with Crippen molar-refractivity contribution in [3.05, 3.63) is 120 Å². The zero-order chi connectivity index (χ0) is 31.7. The third-order valence-electron chi connectivity index (χ3n) is 8.91. The Kier molecular flexibility index (Phi) is 11.9. The summed E-state index contributed by atoms with van der Waals surface area (Å²) < 4.78 is 13.8. The highest BCUT2D eigenvalue weighted by molar-refractivity contribution is 5.95. The van der Waals surface area contributed by atoms with Gasteiger partial charge in [-0.05, 0) is 130 Å². The van der Waals surface area contributed by atoms with Gasteiger partial charge in [-0.1, -0.05) is 55.7 Å². The molecular formula is C40H43ClN2O4. The molecule has 1 saturated heterocycles. The summed E-state index contributed by atoms with van der Waals surface area (Å²) in [6, 6.07) is 31.7. The molecule has 1 aliphatic rings. The maximum absolute atomic E-state index is 12.8. The number of piperidine rings is 1. The van der Waals surface area contributed by atoms with Crippen molar-refractivity contribution in [2.75, 3.05) is 19.6 Å². The molecule has 6 nitrogen and oxygen atoms in total. The summed E-state index contributed by atoms with van der Waals surface area (Å²) in [6.07, 6.45) is 8.78. The van der Waals surface area contributed by atoms with Gasteiger partial charge >= 0.3 is 11.9 Å². The van der Waals surface area contributed by atoms with Gasteiger partial charge in [-0.2, -0.15) is 0 Å². The Morgan fingerprint density at radius 2 is 1.19 bits per heavy atom. The lowest BCUT2D eigenvalue weighted by Gasteiger charge is -2.26. The summed E-state index contributed by atoms with van der Waals surface area (Å²) in [4.78, 5) is 28.0. The van der Waals surface area contributed by atoms with Crippen LogP contribution in [0.15, 0.2) is 103 Å². The zero-order valence-corrected chi connectivity index (χ0v) is 27.8. The smallest absolute Gasteiger partial charge is 0.343 e. The van der Waals surface area contributed by atoms with Gasteiger partial charge in [0, 0.05) is 17.4 Å². The molecular weight excluding hydrogens is 608 g/mol. The van der Waals surface area contributed by atoms with Crippen LogP contribution in [0, 0.1) is 6.92 Å². The Bertz CT molecular complexity index is 1760. The molecule has 244 valence electrons. The SMILES string of the molecule is Cc1c(-c2ccc(OC(=O)c3ccccc3)cc2)n(CCCCCCN2CCCCC2)c2ccc(OC(=O)c3ccccc3)cc12.Cl. The molecule has 1 fully saturated rings. The normalized spacial score (nSPS) is 13.2. The molecule has 5 aromatic rings. The van der Waals surface area contributed by atoms with E-state index in [2.05, 4.69) is 22.5 Å². The second kappa shape index (κ2) is 16.4. The zero-order valence-electron chi connectivity index (χ0n) is 27.0. The second-order valence-corrected chi connectivity index (χ2v) is 12.2. The standard InChI is InChI=1S/C40H42N2O4.ClH/c1-30-36-29-35(46-40(44)33-17-9-5-10-18-33)23-24-37(36)42(28-14-3-2-11-25-41-26-12-6-13-27-41)38(30)31-19-21-34(22-20-31)45-39(43)32-15-7-4-8-16-32;/h4-5,7-10,15-24,29H,2-3,6,11-14,25-28H2,1H3;1H. The number of carbonyl (C=O) groups is 2. The van der Waals surface area contributed by atoms with E-state index in [4.69, 9.17) is 9.47 Å². The molecule has 2 heterocycles. The van der Waals surface area contributed by atoms with Gasteiger partial charge in [0.25, 0.3) is 0 Å². The molecule has 6 rings (SSSR count). The molecule has 1 aromatic heterocycles. The fraction of sp³-hybridized carbons (Fsp3) is 0.300. The molecule has 0 radical (unpaired) electrons. The van der Waals surface area contributed by atoms with Gasteiger partial charge in [0.15, 0.2) is 0 Å². The van der Waals surface area contributed by atoms with Gasteiger partial charge in [-0.15, -0.1) is 12.4 Å². The number of benzene rings is 4. The van der Waals surface area contributed by atoms with Crippen LogP contribution in [0.1, 0.15) is 71.2 Å². The molecule has 0 amide bonds. The molecule has 0 aliphatic carbocycles. The lowest BCUT2D eigenvalue weighted by molar-refractivity contribution is 0.0725. The molecule has 4 aromatic carbocycles. The van der Waals surface area contributed by atoms with Crippen LogP contribution in [-0.2, 0) is 6.54 Å². The van der Waals surface area contributed by atoms with Gasteiger partial charge in [0.2, 0.25) is 0 Å². The van der Waals surface area contributed by atoms with Crippen molar-refractivity contribution in [2.24, 2.45) is 0 Å². The van der Waals surface area contributed by atoms with Gasteiger partial charge in [0.05, 0.1) is 16.8 Å². The molecule has 0 unspecified atom stereocenters. The van der Waals surface area contributed by atoms with E-state index in [1.807, 2.05) is 72.8 Å². The number of ether oxygens (including phenoxy) is 2. The van der Waals surface area contributed by atoms with Crippen molar-refractivity contribution in [3.63, 3.8) is 0 Å². The van der Waals surface area contributed by atoms with Gasteiger partial charge in [-0.25, -0.2) is 9.59 Å². The van der Waals surface area contributed by atoms with Crippen molar-refractivity contribution in [3.8, 4) is 22.8 Å². The number of halogens is 1. The fourth-order valence-corrected chi connectivity index (χ4v) is 6.47. The first-order chi connectivity index (χ1) is 22.6. The number of hydrogen-bond donors (Lipinski definition) is 0. The van der Waals surface area contributed by atoms with Crippen LogP contribution >= 0.6 is 12.4 Å². The molecule has 0 atom stereocenters. The highest BCUT2D eigenvalue weighted by Crippen LogP contribution is 2.36. The van der Waals surface area contributed by atoms with Crippen molar-refractivity contribution < 1.29 is 19.1 Å². The van der Waals surface area contributed by atoms with E-state index in [1.54, 1.807) is 24.3 Å². The van der Waals surface area contributed by atoms with Gasteiger partial charge < -0.3 is 18.9 Å². The maximum Gasteiger partial charge on any atom is 0.343 e. The minimum atomic E-state index is -0.378. The Labute approximate surface area is 283 Å². The van der Waals surface area contributed by atoms with E-state index in [0.29, 0.717) is 22.6 Å². The maximum atomic E-state index is 12.8. The number of aromatic nitrogens is 1. The lowest BCUT2D eigenvalue weighted by Crippen LogP contribution is -2.30. The van der Waals surface area contributed by atoms with E-state index in [-0.39, 0.29) is 24.3 Å². The van der Waals surface area contributed by atoms with Crippen LogP contribution in [0.25, 0.3) is 22.2 Å². The summed E-state index contributed by atoms with van der Waals surface area (Å²) in [7, 11) is 0. The second-order valence-electron chi connectivity index (χ2n) is 12.2. The van der Waals surface area contributed by atoms with E-state index in [9.17, 15) is 9.59 Å². The number of esters is 2. The van der Waals surface area contributed by atoms with Crippen molar-refractivity contribution in [1.82, 2.24) is 9.47 Å². The molecule has 0 saturated carbocycles. The van der Waals surface area contributed by atoms with E-state index < -0.39 is 0 Å². The van der Waals surface area contributed by atoms with Crippen LogP contribution in [0.4, 0.5) is 0 Å². The van der Waals surface area contributed by atoms with E-state index in [0.717, 1.165) is 40.7 Å². The topological polar surface area (TPSA) is 60.8 Å². The van der Waals surface area contributed by atoms with Crippen LogP contribution in [0.5, 0.6) is 11.5 Å². The molecule has 1 aliphatic heterocycles. The highest BCUT2D eigenvalue weighted by atomic mass is 35.5. The lowest BCUT2D eigenvalue weighted by atomic mass is 10.1. The number of aryl methyl sites for hydroxylation is 2. The Morgan fingerprint density at radius 3 is 1.81 bits per heavy atom. The summed E-state index contributed by atoms with van der Waals surface area (Å²) >= 11 is 0. The quantitative estimate of drug-likeness (QED) is 0.0765. The number of nitrogens with zero attached hydrogens (tertiary/aromatic N) is 2. The minimum Gasteiger partial charge on any atom is -0.423 e. The van der Waals surface area contributed by atoms with E-state index >= 15 is 0 Å². The predicted molar refractivity (Wildman–Crippen MR) is 191 cm³/mol.